The Hall–Kier alpha value is -2.02. The van der Waals surface area contributed by atoms with Crippen LogP contribution in [0.5, 0.6) is 0 Å². The molecular formula is C11H12N4O2S. The van der Waals surface area contributed by atoms with Crippen molar-refractivity contribution in [3.8, 4) is 0 Å². The summed E-state index contributed by atoms with van der Waals surface area (Å²) in [5, 5.41) is 19.7. The lowest BCUT2D eigenvalue weighted by Crippen LogP contribution is -2.01. The van der Waals surface area contributed by atoms with Crippen molar-refractivity contribution in [3.63, 3.8) is 0 Å². The molecule has 2 aromatic rings. The number of aryl methyl sites for hydroxylation is 1. The zero-order valence-electron chi connectivity index (χ0n) is 9.79. The molecule has 0 spiro atoms. The standard InChI is InChI=1S/C11H12N4O2S/c1-2-8-3-4-9(5-11(8)15(16)17)12-6-10-7-18-14-13-10/h3-5,7,12H,2,6H2,1H3. The van der Waals surface area contributed by atoms with Gasteiger partial charge in [-0.25, -0.2) is 0 Å². The van der Waals surface area contributed by atoms with E-state index in [1.165, 1.54) is 11.5 Å². The molecule has 0 bridgehead atoms. The number of rotatable bonds is 5. The van der Waals surface area contributed by atoms with Gasteiger partial charge in [-0.1, -0.05) is 17.5 Å². The van der Waals surface area contributed by atoms with E-state index in [-0.39, 0.29) is 10.6 Å². The summed E-state index contributed by atoms with van der Waals surface area (Å²) in [4.78, 5) is 10.6. The van der Waals surface area contributed by atoms with Crippen molar-refractivity contribution in [1.82, 2.24) is 9.59 Å². The first-order chi connectivity index (χ1) is 8.70. The minimum absolute atomic E-state index is 0.152. The van der Waals surface area contributed by atoms with Crippen molar-refractivity contribution < 1.29 is 4.92 Å². The Morgan fingerprint density at radius 1 is 1.50 bits per heavy atom. The predicted octanol–water partition coefficient (Wildman–Crippen LogP) is 2.62. The molecule has 2 rings (SSSR count). The van der Waals surface area contributed by atoms with Crippen LogP contribution in [0.1, 0.15) is 18.2 Å². The molecule has 0 aliphatic carbocycles. The van der Waals surface area contributed by atoms with E-state index < -0.39 is 0 Å². The van der Waals surface area contributed by atoms with Crippen molar-refractivity contribution in [2.24, 2.45) is 0 Å². The fourth-order valence-corrected chi connectivity index (χ4v) is 2.05. The van der Waals surface area contributed by atoms with Crippen LogP contribution in [0.2, 0.25) is 0 Å². The van der Waals surface area contributed by atoms with Gasteiger partial charge in [0.25, 0.3) is 5.69 Å². The summed E-state index contributed by atoms with van der Waals surface area (Å²) in [6, 6.07) is 5.17. The monoisotopic (exact) mass is 264 g/mol. The summed E-state index contributed by atoms with van der Waals surface area (Å²) in [6.45, 7) is 2.41. The van der Waals surface area contributed by atoms with Crippen LogP contribution in [0.25, 0.3) is 0 Å². The molecule has 0 atom stereocenters. The number of nitro benzene ring substituents is 1. The predicted molar refractivity (Wildman–Crippen MR) is 69.7 cm³/mol. The molecule has 7 heteroatoms. The van der Waals surface area contributed by atoms with Gasteiger partial charge in [0.2, 0.25) is 0 Å². The summed E-state index contributed by atoms with van der Waals surface area (Å²) in [7, 11) is 0. The van der Waals surface area contributed by atoms with Crippen LogP contribution < -0.4 is 5.32 Å². The summed E-state index contributed by atoms with van der Waals surface area (Å²) in [5.74, 6) is 0. The third-order valence-corrected chi connectivity index (χ3v) is 3.10. The van der Waals surface area contributed by atoms with Gasteiger partial charge in [0.05, 0.1) is 17.2 Å². The van der Waals surface area contributed by atoms with Crippen LogP contribution in [0, 0.1) is 10.1 Å². The van der Waals surface area contributed by atoms with Gasteiger partial charge in [-0.3, -0.25) is 10.1 Å². The molecule has 0 saturated heterocycles. The van der Waals surface area contributed by atoms with Crippen molar-refractivity contribution in [2.75, 3.05) is 5.32 Å². The Bertz CT molecular complexity index is 542. The molecule has 1 heterocycles. The molecule has 1 aromatic carbocycles. The largest absolute Gasteiger partial charge is 0.379 e. The summed E-state index contributed by atoms with van der Waals surface area (Å²) < 4.78 is 3.75. The maximum atomic E-state index is 10.9. The van der Waals surface area contributed by atoms with E-state index in [4.69, 9.17) is 0 Å². The first-order valence-electron chi connectivity index (χ1n) is 5.48. The number of nitrogens with zero attached hydrogens (tertiary/aromatic N) is 3. The second-order valence-corrected chi connectivity index (χ2v) is 4.31. The third-order valence-electron chi connectivity index (χ3n) is 2.54. The molecule has 0 aliphatic rings. The Balaban J connectivity index is 2.14. The highest BCUT2D eigenvalue weighted by Crippen LogP contribution is 2.23. The Kier molecular flexibility index (Phi) is 3.83. The minimum atomic E-state index is -0.353. The Morgan fingerprint density at radius 3 is 2.94 bits per heavy atom. The molecule has 1 N–H and O–H groups in total. The summed E-state index contributed by atoms with van der Waals surface area (Å²) >= 11 is 1.28. The fraction of sp³-hybridized carbons (Fsp3) is 0.273. The van der Waals surface area contributed by atoms with E-state index in [2.05, 4.69) is 14.9 Å². The van der Waals surface area contributed by atoms with Gasteiger partial charge in [-0.2, -0.15) is 0 Å². The average Bonchev–Trinajstić information content (AvgIpc) is 2.89. The molecular weight excluding hydrogens is 252 g/mol. The topological polar surface area (TPSA) is 81.0 Å². The van der Waals surface area contributed by atoms with Gasteiger partial charge in [0, 0.05) is 22.7 Å². The van der Waals surface area contributed by atoms with E-state index in [9.17, 15) is 10.1 Å². The lowest BCUT2D eigenvalue weighted by molar-refractivity contribution is -0.385. The minimum Gasteiger partial charge on any atom is -0.379 e. The molecule has 0 saturated carbocycles. The lowest BCUT2D eigenvalue weighted by atomic mass is 10.1. The van der Waals surface area contributed by atoms with Gasteiger partial charge < -0.3 is 5.32 Å². The number of nitrogens with one attached hydrogen (secondary N) is 1. The quantitative estimate of drug-likeness (QED) is 0.663. The van der Waals surface area contributed by atoms with Gasteiger partial charge in [-0.05, 0) is 24.0 Å². The number of hydrogen-bond donors (Lipinski definition) is 1. The van der Waals surface area contributed by atoms with Crippen LogP contribution in [-0.4, -0.2) is 14.5 Å². The number of anilines is 1. The van der Waals surface area contributed by atoms with Crippen molar-refractivity contribution >= 4 is 22.9 Å². The van der Waals surface area contributed by atoms with Crippen LogP contribution in [0.3, 0.4) is 0 Å². The van der Waals surface area contributed by atoms with Gasteiger partial charge in [0.1, 0.15) is 0 Å². The highest BCUT2D eigenvalue weighted by molar-refractivity contribution is 7.03. The smallest absolute Gasteiger partial charge is 0.274 e. The average molecular weight is 264 g/mol. The second-order valence-electron chi connectivity index (χ2n) is 3.70. The van der Waals surface area contributed by atoms with E-state index in [0.717, 1.165) is 11.3 Å². The number of hydrogen-bond acceptors (Lipinski definition) is 6. The van der Waals surface area contributed by atoms with E-state index in [1.807, 2.05) is 18.4 Å². The summed E-state index contributed by atoms with van der Waals surface area (Å²) in [6.07, 6.45) is 0.645. The highest BCUT2D eigenvalue weighted by Gasteiger charge is 2.12. The SMILES string of the molecule is CCc1ccc(NCc2csnn2)cc1[N+](=O)[O-]. The van der Waals surface area contributed by atoms with Crippen molar-refractivity contribution in [2.45, 2.75) is 19.9 Å². The fourth-order valence-electron chi connectivity index (χ4n) is 1.60. The number of aromatic nitrogens is 2. The highest BCUT2D eigenvalue weighted by atomic mass is 32.1. The van der Waals surface area contributed by atoms with Crippen LogP contribution in [0.4, 0.5) is 11.4 Å². The van der Waals surface area contributed by atoms with Crippen LogP contribution in [-0.2, 0) is 13.0 Å². The first kappa shape index (κ1) is 12.4. The molecule has 0 aliphatic heterocycles. The molecule has 0 unspecified atom stereocenters. The molecule has 0 radical (unpaired) electrons. The maximum absolute atomic E-state index is 10.9. The first-order valence-corrected chi connectivity index (χ1v) is 6.31. The van der Waals surface area contributed by atoms with E-state index in [0.29, 0.717) is 18.7 Å². The molecule has 1 aromatic heterocycles. The van der Waals surface area contributed by atoms with Gasteiger partial charge in [0.15, 0.2) is 0 Å². The Labute approximate surface area is 108 Å². The third kappa shape index (κ3) is 2.80. The van der Waals surface area contributed by atoms with Crippen molar-refractivity contribution in [3.05, 3.63) is 45.0 Å². The Morgan fingerprint density at radius 2 is 2.33 bits per heavy atom. The van der Waals surface area contributed by atoms with Crippen LogP contribution >= 0.6 is 11.5 Å². The maximum Gasteiger partial charge on any atom is 0.274 e. The summed E-state index contributed by atoms with van der Waals surface area (Å²) in [5.41, 5.74) is 2.42. The van der Waals surface area contributed by atoms with Gasteiger partial charge in [-0.15, -0.1) is 5.10 Å². The second kappa shape index (κ2) is 5.54. The molecule has 0 fully saturated rings. The zero-order chi connectivity index (χ0) is 13.0. The number of nitro groups is 1. The normalized spacial score (nSPS) is 10.3. The molecule has 0 amide bonds. The number of benzene rings is 1. The molecule has 6 nitrogen and oxygen atoms in total. The van der Waals surface area contributed by atoms with E-state index in [1.54, 1.807) is 12.1 Å². The molecule has 18 heavy (non-hydrogen) atoms. The van der Waals surface area contributed by atoms with Crippen LogP contribution in [0.15, 0.2) is 23.6 Å². The van der Waals surface area contributed by atoms with Gasteiger partial charge >= 0.3 is 0 Å². The zero-order valence-corrected chi connectivity index (χ0v) is 10.6. The lowest BCUT2D eigenvalue weighted by Gasteiger charge is -2.06. The van der Waals surface area contributed by atoms with E-state index >= 15 is 0 Å². The van der Waals surface area contributed by atoms with Crippen molar-refractivity contribution in [1.29, 1.82) is 0 Å². The molecule has 94 valence electrons.